The minimum Gasteiger partial charge on any atom is -0.439 e. The number of pyridine rings is 1. The van der Waals surface area contributed by atoms with Crippen molar-refractivity contribution in [2.45, 2.75) is 13.1 Å². The summed E-state index contributed by atoms with van der Waals surface area (Å²) in [4.78, 5) is 17.8. The molecule has 1 aromatic carbocycles. The zero-order valence-corrected chi connectivity index (χ0v) is 12.6. The molecule has 0 fully saturated rings. The Kier molecular flexibility index (Phi) is 3.22. The maximum atomic E-state index is 7.25. The third-order valence-electron chi connectivity index (χ3n) is 3.86. The Balaban J connectivity index is 1.63. The summed E-state index contributed by atoms with van der Waals surface area (Å²) >= 11 is 0. The van der Waals surface area contributed by atoms with E-state index in [9.17, 15) is 0 Å². The summed E-state index contributed by atoms with van der Waals surface area (Å²) < 4.78 is 5.88. The highest BCUT2D eigenvalue weighted by Crippen LogP contribution is 2.35. The highest BCUT2D eigenvalue weighted by atomic mass is 16.4. The summed E-state index contributed by atoms with van der Waals surface area (Å²) in [6, 6.07) is 10.7. The molecule has 4 rings (SSSR count). The third kappa shape index (κ3) is 2.27. The second-order valence-corrected chi connectivity index (χ2v) is 5.37. The molecule has 0 atom stereocenters. The van der Waals surface area contributed by atoms with Crippen molar-refractivity contribution >= 4 is 17.2 Å². The lowest BCUT2D eigenvalue weighted by Gasteiger charge is -2.17. The summed E-state index contributed by atoms with van der Waals surface area (Å²) in [6.07, 6.45) is 1.68. The largest absolute Gasteiger partial charge is 0.439 e. The van der Waals surface area contributed by atoms with Gasteiger partial charge in [-0.25, -0.2) is 14.7 Å². The van der Waals surface area contributed by atoms with E-state index in [4.69, 9.17) is 17.6 Å². The number of hydrogen-bond donors (Lipinski definition) is 0. The second kappa shape index (κ2) is 5.53. The van der Waals surface area contributed by atoms with Gasteiger partial charge in [0.05, 0.1) is 26.2 Å². The molecule has 0 aliphatic carbocycles. The second-order valence-electron chi connectivity index (χ2n) is 5.37. The lowest BCUT2D eigenvalue weighted by molar-refractivity contribution is 0.522. The Labute approximate surface area is 138 Å². The van der Waals surface area contributed by atoms with Crippen LogP contribution in [0.2, 0.25) is 0 Å². The lowest BCUT2D eigenvalue weighted by atomic mass is 10.2. The van der Waals surface area contributed by atoms with Crippen molar-refractivity contribution in [2.75, 3.05) is 4.90 Å². The van der Waals surface area contributed by atoms with Crippen LogP contribution < -0.4 is 4.90 Å². The Hall–Kier alpha value is -3.64. The maximum absolute atomic E-state index is 7.25. The molecule has 3 heterocycles. The van der Waals surface area contributed by atoms with E-state index in [-0.39, 0.29) is 0 Å². The molecule has 3 aromatic rings. The standard InChI is InChI=1S/C18H11N5O/c1-19-13-6-3-5-12(9-13)18-22-15-10-23(11-16(15)24-18)17-14(20-2)7-4-8-21-17/h3-9H,10-11H2. The van der Waals surface area contributed by atoms with Crippen LogP contribution in [0.3, 0.4) is 0 Å². The van der Waals surface area contributed by atoms with E-state index in [0.717, 1.165) is 17.0 Å². The van der Waals surface area contributed by atoms with Crippen LogP contribution in [0.1, 0.15) is 11.5 Å². The molecule has 1 aliphatic rings. The van der Waals surface area contributed by atoms with Gasteiger partial charge in [-0.2, -0.15) is 0 Å². The fourth-order valence-electron chi connectivity index (χ4n) is 2.74. The number of oxazole rings is 1. The first kappa shape index (κ1) is 14.0. The monoisotopic (exact) mass is 313 g/mol. The van der Waals surface area contributed by atoms with Crippen molar-refractivity contribution in [3.63, 3.8) is 0 Å². The van der Waals surface area contributed by atoms with E-state index in [2.05, 4.69) is 19.7 Å². The minimum atomic E-state index is 0.521. The van der Waals surface area contributed by atoms with Crippen LogP contribution in [0.25, 0.3) is 21.1 Å². The lowest BCUT2D eigenvalue weighted by Crippen LogP contribution is -2.16. The van der Waals surface area contributed by atoms with E-state index in [0.29, 0.717) is 36.2 Å². The number of nitrogens with zero attached hydrogens (tertiary/aromatic N) is 5. The average Bonchev–Trinajstić information content (AvgIpc) is 3.20. The maximum Gasteiger partial charge on any atom is 0.228 e. The number of aromatic nitrogens is 2. The van der Waals surface area contributed by atoms with Gasteiger partial charge in [0.25, 0.3) is 0 Å². The van der Waals surface area contributed by atoms with Gasteiger partial charge in [-0.05, 0) is 6.07 Å². The third-order valence-corrected chi connectivity index (χ3v) is 3.86. The molecule has 114 valence electrons. The van der Waals surface area contributed by atoms with Crippen LogP contribution in [-0.4, -0.2) is 9.97 Å². The number of rotatable bonds is 2. The van der Waals surface area contributed by atoms with Gasteiger partial charge in [0, 0.05) is 11.8 Å². The van der Waals surface area contributed by atoms with Gasteiger partial charge in [0.15, 0.2) is 5.69 Å². The Bertz CT molecular complexity index is 985. The topological polar surface area (TPSA) is 50.9 Å². The van der Waals surface area contributed by atoms with Crippen molar-refractivity contribution < 1.29 is 4.42 Å². The van der Waals surface area contributed by atoms with E-state index in [1.165, 1.54) is 0 Å². The molecule has 6 nitrogen and oxygen atoms in total. The van der Waals surface area contributed by atoms with Crippen LogP contribution in [0.5, 0.6) is 0 Å². The van der Waals surface area contributed by atoms with E-state index in [1.807, 2.05) is 17.0 Å². The van der Waals surface area contributed by atoms with Crippen molar-refractivity contribution in [1.29, 1.82) is 0 Å². The minimum absolute atomic E-state index is 0.521. The first-order valence-corrected chi connectivity index (χ1v) is 7.32. The fourth-order valence-corrected chi connectivity index (χ4v) is 2.74. The summed E-state index contributed by atoms with van der Waals surface area (Å²) in [5.41, 5.74) is 2.72. The van der Waals surface area contributed by atoms with Gasteiger partial charge >= 0.3 is 0 Å². The van der Waals surface area contributed by atoms with Gasteiger partial charge in [-0.1, -0.05) is 30.3 Å². The molecule has 0 unspecified atom stereocenters. The van der Waals surface area contributed by atoms with Gasteiger partial charge in [-0.15, -0.1) is 0 Å². The van der Waals surface area contributed by atoms with Crippen molar-refractivity contribution in [2.24, 2.45) is 0 Å². The molecule has 0 N–H and O–H groups in total. The van der Waals surface area contributed by atoms with E-state index >= 15 is 0 Å². The van der Waals surface area contributed by atoms with Crippen LogP contribution in [0.15, 0.2) is 47.0 Å². The zero-order chi connectivity index (χ0) is 16.5. The van der Waals surface area contributed by atoms with E-state index < -0.39 is 0 Å². The highest BCUT2D eigenvalue weighted by molar-refractivity contribution is 5.67. The smallest absolute Gasteiger partial charge is 0.228 e. The van der Waals surface area contributed by atoms with Crippen molar-refractivity contribution in [3.8, 4) is 11.5 Å². The fraction of sp³-hybridized carbons (Fsp3) is 0.111. The van der Waals surface area contributed by atoms with Crippen LogP contribution >= 0.6 is 0 Å². The summed E-state index contributed by atoms with van der Waals surface area (Å²) in [6.45, 7) is 15.4. The Morgan fingerprint density at radius 1 is 1.08 bits per heavy atom. The molecule has 0 spiro atoms. The molecule has 0 amide bonds. The molecule has 1 aliphatic heterocycles. The van der Waals surface area contributed by atoms with Crippen LogP contribution in [-0.2, 0) is 13.1 Å². The van der Waals surface area contributed by atoms with Gasteiger partial charge < -0.3 is 9.32 Å². The Morgan fingerprint density at radius 3 is 2.79 bits per heavy atom. The first-order chi connectivity index (χ1) is 11.8. The van der Waals surface area contributed by atoms with E-state index in [1.54, 1.807) is 30.5 Å². The van der Waals surface area contributed by atoms with Crippen molar-refractivity contribution in [3.05, 3.63) is 76.9 Å². The molecular formula is C18H11N5O. The molecule has 24 heavy (non-hydrogen) atoms. The number of fused-ring (bicyclic) bond motifs is 1. The van der Waals surface area contributed by atoms with Crippen molar-refractivity contribution in [1.82, 2.24) is 9.97 Å². The molecule has 2 aromatic heterocycles. The number of anilines is 1. The molecular weight excluding hydrogens is 302 g/mol. The zero-order valence-electron chi connectivity index (χ0n) is 12.6. The molecule has 0 radical (unpaired) electrons. The van der Waals surface area contributed by atoms with Gasteiger partial charge in [-0.3, -0.25) is 4.98 Å². The van der Waals surface area contributed by atoms with Crippen LogP contribution in [0.4, 0.5) is 17.2 Å². The molecule has 0 bridgehead atoms. The highest BCUT2D eigenvalue weighted by Gasteiger charge is 2.28. The number of benzene rings is 1. The quantitative estimate of drug-likeness (QED) is 0.660. The number of hydrogen-bond acceptors (Lipinski definition) is 4. The molecule has 6 heteroatoms. The molecule has 0 saturated heterocycles. The van der Waals surface area contributed by atoms with Crippen LogP contribution in [0, 0.1) is 13.1 Å². The predicted molar refractivity (Wildman–Crippen MR) is 88.6 cm³/mol. The summed E-state index contributed by atoms with van der Waals surface area (Å²) in [5, 5.41) is 0. The summed E-state index contributed by atoms with van der Waals surface area (Å²) in [7, 11) is 0. The normalized spacial score (nSPS) is 12.5. The average molecular weight is 313 g/mol. The molecule has 0 saturated carbocycles. The van der Waals surface area contributed by atoms with Gasteiger partial charge in [0.1, 0.15) is 17.3 Å². The first-order valence-electron chi connectivity index (χ1n) is 7.32. The predicted octanol–water partition coefficient (Wildman–Crippen LogP) is 4.36. The van der Waals surface area contributed by atoms with Gasteiger partial charge in [0.2, 0.25) is 11.6 Å². The summed E-state index contributed by atoms with van der Waals surface area (Å²) in [5.74, 6) is 1.95. The SMILES string of the molecule is [C-]#[N+]c1cccc(-c2nc3c(o2)CN(c2ncccc2[N+]#[C-])C3)c1. The Morgan fingerprint density at radius 2 is 2.00 bits per heavy atom.